The minimum atomic E-state index is -0.271. The number of nitrogens with zero attached hydrogens (tertiary/aromatic N) is 3. The second-order valence-electron chi connectivity index (χ2n) is 3.48. The van der Waals surface area contributed by atoms with Gasteiger partial charge in [-0.25, -0.2) is 19.3 Å². The van der Waals surface area contributed by atoms with Crippen molar-refractivity contribution in [3.8, 4) is 0 Å². The summed E-state index contributed by atoms with van der Waals surface area (Å²) in [5, 5.41) is 9.43. The number of aromatic amines is 1. The molecule has 0 aliphatic carbocycles. The Kier molecular flexibility index (Phi) is 2.40. The summed E-state index contributed by atoms with van der Waals surface area (Å²) in [7, 11) is 0. The van der Waals surface area contributed by atoms with E-state index in [2.05, 4.69) is 34.3 Å². The number of hydrogen-bond donors (Lipinski definition) is 2. The predicted octanol–water partition coefficient (Wildman–Crippen LogP) is 0.628. The molecular formula is C9H13N5O. The molecule has 0 aromatic carbocycles. The van der Waals surface area contributed by atoms with Gasteiger partial charge >= 0.3 is 5.69 Å². The van der Waals surface area contributed by atoms with Gasteiger partial charge in [-0.1, -0.05) is 6.92 Å². The first kappa shape index (κ1) is 9.70. The van der Waals surface area contributed by atoms with E-state index in [1.165, 1.54) is 10.7 Å². The van der Waals surface area contributed by atoms with Crippen LogP contribution in [0.2, 0.25) is 0 Å². The van der Waals surface area contributed by atoms with E-state index < -0.39 is 0 Å². The zero-order valence-electron chi connectivity index (χ0n) is 8.69. The zero-order chi connectivity index (χ0) is 10.8. The van der Waals surface area contributed by atoms with Gasteiger partial charge in [-0.15, -0.1) is 0 Å². The number of anilines is 1. The quantitative estimate of drug-likeness (QED) is 0.774. The highest BCUT2D eigenvalue weighted by Crippen LogP contribution is 2.06. The summed E-state index contributed by atoms with van der Waals surface area (Å²) < 4.78 is 1.36. The SMILES string of the molecule is CCC(C)Nc1cc2n[nH]c(=O)n2cn1. The lowest BCUT2D eigenvalue weighted by atomic mass is 10.2. The van der Waals surface area contributed by atoms with Gasteiger partial charge < -0.3 is 5.32 Å². The first-order valence-corrected chi connectivity index (χ1v) is 4.90. The molecule has 2 aromatic heterocycles. The number of H-pyrrole nitrogens is 1. The molecule has 0 fully saturated rings. The maximum atomic E-state index is 11.2. The smallest absolute Gasteiger partial charge is 0.348 e. The number of rotatable bonds is 3. The van der Waals surface area contributed by atoms with Crippen LogP contribution in [0, 0.1) is 0 Å². The van der Waals surface area contributed by atoms with E-state index in [1.54, 1.807) is 6.07 Å². The summed E-state index contributed by atoms with van der Waals surface area (Å²) in [5.74, 6) is 0.732. The van der Waals surface area contributed by atoms with Gasteiger partial charge in [0.25, 0.3) is 0 Å². The molecule has 0 aliphatic rings. The molecule has 2 N–H and O–H groups in total. The van der Waals surface area contributed by atoms with Crippen molar-refractivity contribution < 1.29 is 0 Å². The molecule has 6 nitrogen and oxygen atoms in total. The van der Waals surface area contributed by atoms with Crippen LogP contribution >= 0.6 is 0 Å². The van der Waals surface area contributed by atoms with Crippen LogP contribution in [0.4, 0.5) is 5.82 Å². The van der Waals surface area contributed by atoms with Crippen molar-refractivity contribution in [2.45, 2.75) is 26.3 Å². The molecule has 2 rings (SSSR count). The summed E-state index contributed by atoms with van der Waals surface area (Å²) in [4.78, 5) is 15.3. The Bertz CT molecular complexity index is 514. The van der Waals surface area contributed by atoms with Gasteiger partial charge in [0, 0.05) is 12.1 Å². The van der Waals surface area contributed by atoms with Crippen LogP contribution in [-0.4, -0.2) is 25.6 Å². The summed E-state index contributed by atoms with van der Waals surface area (Å²) in [6.07, 6.45) is 2.48. The van der Waals surface area contributed by atoms with Crippen molar-refractivity contribution in [1.82, 2.24) is 19.6 Å². The first-order valence-electron chi connectivity index (χ1n) is 4.90. The molecule has 1 atom stereocenters. The van der Waals surface area contributed by atoms with E-state index in [0.29, 0.717) is 11.7 Å². The molecular weight excluding hydrogens is 194 g/mol. The Labute approximate surface area is 86.3 Å². The van der Waals surface area contributed by atoms with Crippen molar-refractivity contribution in [3.63, 3.8) is 0 Å². The van der Waals surface area contributed by atoms with Crippen molar-refractivity contribution in [2.75, 3.05) is 5.32 Å². The fraction of sp³-hybridized carbons (Fsp3) is 0.444. The molecule has 6 heteroatoms. The third-order valence-corrected chi connectivity index (χ3v) is 2.32. The van der Waals surface area contributed by atoms with Crippen molar-refractivity contribution in [2.24, 2.45) is 0 Å². The van der Waals surface area contributed by atoms with E-state index in [0.717, 1.165) is 12.2 Å². The van der Waals surface area contributed by atoms with Gasteiger partial charge in [-0.2, -0.15) is 5.10 Å². The minimum absolute atomic E-state index is 0.271. The Hall–Kier alpha value is -1.85. The van der Waals surface area contributed by atoms with Gasteiger partial charge in [0.05, 0.1) is 0 Å². The van der Waals surface area contributed by atoms with Crippen LogP contribution in [0.25, 0.3) is 5.65 Å². The van der Waals surface area contributed by atoms with Crippen molar-refractivity contribution in [3.05, 3.63) is 22.9 Å². The molecule has 0 spiro atoms. The molecule has 1 unspecified atom stereocenters. The van der Waals surface area contributed by atoms with E-state index in [1.807, 2.05) is 0 Å². The lowest BCUT2D eigenvalue weighted by Gasteiger charge is -2.11. The Morgan fingerprint density at radius 3 is 3.20 bits per heavy atom. The molecule has 15 heavy (non-hydrogen) atoms. The Morgan fingerprint density at radius 1 is 1.67 bits per heavy atom. The normalized spacial score (nSPS) is 12.9. The monoisotopic (exact) mass is 207 g/mol. The van der Waals surface area contributed by atoms with Gasteiger partial charge in [-0.3, -0.25) is 0 Å². The van der Waals surface area contributed by atoms with E-state index in [-0.39, 0.29) is 5.69 Å². The fourth-order valence-corrected chi connectivity index (χ4v) is 1.24. The fourth-order valence-electron chi connectivity index (χ4n) is 1.24. The zero-order valence-corrected chi connectivity index (χ0v) is 8.69. The number of nitrogens with one attached hydrogen (secondary N) is 2. The topological polar surface area (TPSA) is 75.1 Å². The maximum Gasteiger partial charge on any atom is 0.348 e. The first-order chi connectivity index (χ1) is 7.20. The highest BCUT2D eigenvalue weighted by atomic mass is 16.1. The van der Waals surface area contributed by atoms with Crippen molar-refractivity contribution in [1.29, 1.82) is 0 Å². The lowest BCUT2D eigenvalue weighted by molar-refractivity contribution is 0.758. The average Bonchev–Trinajstić information content (AvgIpc) is 2.60. The molecule has 0 saturated carbocycles. The third-order valence-electron chi connectivity index (χ3n) is 2.32. The van der Waals surface area contributed by atoms with Crippen molar-refractivity contribution >= 4 is 11.5 Å². The Balaban J connectivity index is 2.35. The van der Waals surface area contributed by atoms with Gasteiger partial charge in [0.15, 0.2) is 5.65 Å². The van der Waals surface area contributed by atoms with Crippen LogP contribution in [0.3, 0.4) is 0 Å². The highest BCUT2D eigenvalue weighted by molar-refractivity contribution is 5.48. The second-order valence-corrected chi connectivity index (χ2v) is 3.48. The summed E-state index contributed by atoms with van der Waals surface area (Å²) in [6.45, 7) is 4.16. The highest BCUT2D eigenvalue weighted by Gasteiger charge is 2.03. The molecule has 0 saturated heterocycles. The number of aromatic nitrogens is 4. The van der Waals surface area contributed by atoms with E-state index >= 15 is 0 Å². The molecule has 0 radical (unpaired) electrons. The Morgan fingerprint density at radius 2 is 2.47 bits per heavy atom. The molecule has 0 bridgehead atoms. The molecule has 2 aromatic rings. The van der Waals surface area contributed by atoms with Crippen LogP contribution in [0.15, 0.2) is 17.2 Å². The number of hydrogen-bond acceptors (Lipinski definition) is 4. The van der Waals surface area contributed by atoms with E-state index in [4.69, 9.17) is 0 Å². The minimum Gasteiger partial charge on any atom is -0.367 e. The third kappa shape index (κ3) is 1.83. The largest absolute Gasteiger partial charge is 0.367 e. The predicted molar refractivity (Wildman–Crippen MR) is 57.0 cm³/mol. The van der Waals surface area contributed by atoms with Gasteiger partial charge in [0.1, 0.15) is 12.1 Å². The summed E-state index contributed by atoms with van der Waals surface area (Å²) >= 11 is 0. The molecule has 0 amide bonds. The van der Waals surface area contributed by atoms with Crippen LogP contribution in [-0.2, 0) is 0 Å². The standard InChI is InChI=1S/C9H13N5O/c1-3-6(2)11-7-4-8-12-13-9(15)14(8)5-10-7/h4-6,11H,3H2,1-2H3,(H,13,15). The molecule has 80 valence electrons. The second kappa shape index (κ2) is 3.72. The van der Waals surface area contributed by atoms with Crippen LogP contribution < -0.4 is 11.0 Å². The van der Waals surface area contributed by atoms with Gasteiger partial charge in [-0.05, 0) is 13.3 Å². The lowest BCUT2D eigenvalue weighted by Crippen LogP contribution is -2.15. The van der Waals surface area contributed by atoms with Gasteiger partial charge in [0.2, 0.25) is 0 Å². The average molecular weight is 207 g/mol. The van der Waals surface area contributed by atoms with Crippen LogP contribution in [0.5, 0.6) is 0 Å². The van der Waals surface area contributed by atoms with E-state index in [9.17, 15) is 4.79 Å². The molecule has 2 heterocycles. The summed E-state index contributed by atoms with van der Waals surface area (Å²) in [6, 6.07) is 2.09. The summed E-state index contributed by atoms with van der Waals surface area (Å²) in [5.41, 5.74) is 0.299. The molecule has 0 aliphatic heterocycles. The maximum absolute atomic E-state index is 11.2. The van der Waals surface area contributed by atoms with Crippen LogP contribution in [0.1, 0.15) is 20.3 Å². The number of fused-ring (bicyclic) bond motifs is 1.